The van der Waals surface area contributed by atoms with Crippen LogP contribution in [0.1, 0.15) is 11.1 Å². The van der Waals surface area contributed by atoms with Crippen molar-refractivity contribution in [2.45, 2.75) is 11.3 Å². The Morgan fingerprint density at radius 1 is 0.889 bits per heavy atom. The van der Waals surface area contributed by atoms with Crippen molar-refractivity contribution in [3.63, 3.8) is 0 Å². The molecule has 0 bridgehead atoms. The molecule has 0 saturated carbocycles. The number of sulfonamides is 1. The molecule has 0 amide bonds. The highest BCUT2D eigenvalue weighted by Crippen LogP contribution is 2.24. The Hall–Kier alpha value is -2.68. The van der Waals surface area contributed by atoms with Gasteiger partial charge in [-0.1, -0.05) is 60.7 Å². The number of rotatable bonds is 11. The molecule has 1 N–H and O–H groups in total. The summed E-state index contributed by atoms with van der Waals surface area (Å²) in [4.78, 5) is 4.38. The molecule has 1 aromatic heterocycles. The number of aromatic nitrogens is 1. The van der Waals surface area contributed by atoms with E-state index in [4.69, 9.17) is 4.74 Å². The first kappa shape index (κ1) is 29.5. The maximum absolute atomic E-state index is 13.1. The fourth-order valence-electron chi connectivity index (χ4n) is 3.81. The van der Waals surface area contributed by atoms with Crippen molar-refractivity contribution in [3.05, 3.63) is 102 Å². The highest BCUT2D eigenvalue weighted by atomic mass is 35.5. The highest BCUT2D eigenvalue weighted by Gasteiger charge is 2.22. The van der Waals surface area contributed by atoms with Gasteiger partial charge >= 0.3 is 0 Å². The molecule has 0 saturated heterocycles. The second-order valence-electron chi connectivity index (χ2n) is 8.05. The summed E-state index contributed by atoms with van der Waals surface area (Å²) in [7, 11) is -2.00. The lowest BCUT2D eigenvalue weighted by atomic mass is 10.0. The monoisotopic (exact) mass is 547 g/mol. The maximum atomic E-state index is 13.1. The number of para-hydroxylation sites is 1. The summed E-state index contributed by atoms with van der Waals surface area (Å²) in [5.41, 5.74) is 2.38. The van der Waals surface area contributed by atoms with Gasteiger partial charge < -0.3 is 10.1 Å². The van der Waals surface area contributed by atoms with Crippen molar-refractivity contribution in [2.75, 3.05) is 33.3 Å². The van der Waals surface area contributed by atoms with Crippen LogP contribution in [0.15, 0.2) is 96.2 Å². The third kappa shape index (κ3) is 7.41. The van der Waals surface area contributed by atoms with E-state index in [-0.39, 0.29) is 24.8 Å². The van der Waals surface area contributed by atoms with Crippen molar-refractivity contribution in [3.8, 4) is 5.75 Å². The standard InChI is InChI=1S/C27H29N3O3S.2ClH/c1-30(34(31,32)27-13-7-11-24-21-29-15-14-25(24)27)18-16-28-17-19-33-26-12-6-5-10-23(26)20-22-8-3-2-4-9-22;;/h2-15,21,28H,16-20H2,1H3;2*1H. The largest absolute Gasteiger partial charge is 0.492 e. The molecule has 6 nitrogen and oxygen atoms in total. The zero-order chi connectivity index (χ0) is 23.8. The summed E-state index contributed by atoms with van der Waals surface area (Å²) >= 11 is 0. The minimum Gasteiger partial charge on any atom is -0.492 e. The van der Waals surface area contributed by atoms with Gasteiger partial charge in [0.2, 0.25) is 10.0 Å². The van der Waals surface area contributed by atoms with Crippen LogP contribution in [0.2, 0.25) is 0 Å². The lowest BCUT2D eigenvalue weighted by Crippen LogP contribution is -2.35. The lowest BCUT2D eigenvalue weighted by molar-refractivity contribution is 0.309. The van der Waals surface area contributed by atoms with Gasteiger partial charge in [0, 0.05) is 56.3 Å². The number of hydrogen-bond acceptors (Lipinski definition) is 5. The minimum atomic E-state index is -3.60. The average Bonchev–Trinajstić information content (AvgIpc) is 2.87. The topological polar surface area (TPSA) is 71.5 Å². The van der Waals surface area contributed by atoms with Gasteiger partial charge in [0.25, 0.3) is 0 Å². The summed E-state index contributed by atoms with van der Waals surface area (Å²) in [6.07, 6.45) is 4.10. The van der Waals surface area contributed by atoms with Crippen molar-refractivity contribution in [2.24, 2.45) is 0 Å². The minimum absolute atomic E-state index is 0. The molecule has 0 radical (unpaired) electrons. The van der Waals surface area contributed by atoms with E-state index >= 15 is 0 Å². The van der Waals surface area contributed by atoms with Gasteiger partial charge in [-0.05, 0) is 29.3 Å². The van der Waals surface area contributed by atoms with Crippen LogP contribution in [0.25, 0.3) is 10.8 Å². The van der Waals surface area contributed by atoms with E-state index in [1.54, 1.807) is 37.6 Å². The summed E-state index contributed by atoms with van der Waals surface area (Å²) in [6, 6.07) is 25.4. The molecule has 4 rings (SSSR count). The van der Waals surface area contributed by atoms with Gasteiger partial charge in [0.15, 0.2) is 0 Å². The summed E-state index contributed by atoms with van der Waals surface area (Å²) in [5.74, 6) is 0.873. The zero-order valence-electron chi connectivity index (χ0n) is 20.0. The number of nitrogens with zero attached hydrogens (tertiary/aromatic N) is 2. The van der Waals surface area contributed by atoms with E-state index in [0.717, 1.165) is 23.1 Å². The fourth-order valence-corrected chi connectivity index (χ4v) is 5.19. The molecule has 9 heteroatoms. The van der Waals surface area contributed by atoms with E-state index in [0.29, 0.717) is 36.5 Å². The lowest BCUT2D eigenvalue weighted by Gasteiger charge is -2.19. The molecular formula is C27H31Cl2N3O3S. The molecule has 0 spiro atoms. The van der Waals surface area contributed by atoms with Gasteiger partial charge in [0.1, 0.15) is 12.4 Å². The van der Waals surface area contributed by atoms with Crippen LogP contribution < -0.4 is 10.1 Å². The molecule has 0 aliphatic heterocycles. The molecule has 0 aliphatic carbocycles. The zero-order valence-corrected chi connectivity index (χ0v) is 22.5. The van der Waals surface area contributed by atoms with Crippen molar-refractivity contribution in [1.29, 1.82) is 0 Å². The van der Waals surface area contributed by atoms with Crippen LogP contribution in [-0.2, 0) is 16.4 Å². The van der Waals surface area contributed by atoms with E-state index in [1.807, 2.05) is 42.5 Å². The van der Waals surface area contributed by atoms with Gasteiger partial charge in [0.05, 0.1) is 4.90 Å². The molecule has 192 valence electrons. The summed E-state index contributed by atoms with van der Waals surface area (Å²) in [5, 5.41) is 4.76. The third-order valence-corrected chi connectivity index (χ3v) is 7.59. The second-order valence-corrected chi connectivity index (χ2v) is 10.1. The molecule has 0 unspecified atom stereocenters. The number of pyridine rings is 1. The molecule has 0 fully saturated rings. The molecule has 4 aromatic rings. The average molecular weight is 549 g/mol. The van der Waals surface area contributed by atoms with Crippen LogP contribution in [0.3, 0.4) is 0 Å². The molecular weight excluding hydrogens is 517 g/mol. The number of likely N-dealkylation sites (N-methyl/N-ethyl adjacent to an activating group) is 1. The van der Waals surface area contributed by atoms with Crippen LogP contribution >= 0.6 is 24.8 Å². The van der Waals surface area contributed by atoms with Crippen LogP contribution in [-0.4, -0.2) is 51.0 Å². The molecule has 36 heavy (non-hydrogen) atoms. The van der Waals surface area contributed by atoms with E-state index < -0.39 is 10.0 Å². The fraction of sp³-hybridized carbons (Fsp3) is 0.222. The van der Waals surface area contributed by atoms with Crippen LogP contribution in [0, 0.1) is 0 Å². The second kappa shape index (κ2) is 14.2. The van der Waals surface area contributed by atoms with Gasteiger partial charge in [-0.15, -0.1) is 24.8 Å². The van der Waals surface area contributed by atoms with E-state index in [2.05, 4.69) is 28.5 Å². The number of fused-ring (bicyclic) bond motifs is 1. The Morgan fingerprint density at radius 3 is 2.44 bits per heavy atom. The number of halogens is 2. The Kier molecular flexibility index (Phi) is 11.6. The predicted molar refractivity (Wildman–Crippen MR) is 150 cm³/mol. The van der Waals surface area contributed by atoms with E-state index in [1.165, 1.54) is 9.87 Å². The molecule has 3 aromatic carbocycles. The maximum Gasteiger partial charge on any atom is 0.243 e. The normalized spacial score (nSPS) is 11.1. The smallest absolute Gasteiger partial charge is 0.243 e. The molecule has 1 heterocycles. The SMILES string of the molecule is CN(CCNCCOc1ccccc1Cc1ccccc1)S(=O)(=O)c1cccc2cnccc12.Cl.Cl. The first-order valence-electron chi connectivity index (χ1n) is 11.3. The quantitative estimate of drug-likeness (QED) is 0.269. The van der Waals surface area contributed by atoms with Gasteiger partial charge in [-0.3, -0.25) is 4.98 Å². The number of benzene rings is 3. The van der Waals surface area contributed by atoms with Gasteiger partial charge in [-0.25, -0.2) is 8.42 Å². The Morgan fingerprint density at radius 2 is 1.64 bits per heavy atom. The highest BCUT2D eigenvalue weighted by molar-refractivity contribution is 7.89. The number of nitrogens with one attached hydrogen (secondary N) is 1. The van der Waals surface area contributed by atoms with Gasteiger partial charge in [-0.2, -0.15) is 4.31 Å². The summed E-state index contributed by atoms with van der Waals surface area (Å²) < 4.78 is 33.6. The van der Waals surface area contributed by atoms with E-state index in [9.17, 15) is 8.42 Å². The third-order valence-electron chi connectivity index (χ3n) is 5.68. The Bertz CT molecular complexity index is 1330. The Balaban J connectivity index is 0.00000228. The Labute approximate surface area is 225 Å². The molecule has 0 atom stereocenters. The molecule has 0 aliphatic rings. The number of hydrogen-bond donors (Lipinski definition) is 1. The van der Waals surface area contributed by atoms with Crippen molar-refractivity contribution < 1.29 is 13.2 Å². The first-order chi connectivity index (χ1) is 16.6. The predicted octanol–water partition coefficient (Wildman–Crippen LogP) is 4.96. The van der Waals surface area contributed by atoms with Crippen LogP contribution in [0.4, 0.5) is 0 Å². The first-order valence-corrected chi connectivity index (χ1v) is 12.7. The van der Waals surface area contributed by atoms with Crippen molar-refractivity contribution >= 4 is 45.6 Å². The van der Waals surface area contributed by atoms with Crippen molar-refractivity contribution in [1.82, 2.24) is 14.6 Å². The van der Waals surface area contributed by atoms with Crippen LogP contribution in [0.5, 0.6) is 5.75 Å². The number of ether oxygens (including phenoxy) is 1. The summed E-state index contributed by atoms with van der Waals surface area (Å²) in [6.45, 7) is 2.00.